The number of hydrogen-bond acceptors (Lipinski definition) is 26. The first kappa shape index (κ1) is 112. The van der Waals surface area contributed by atoms with Gasteiger partial charge in [-0.25, -0.2) is 47.9 Å². The minimum Gasteiger partial charge on any atom is -0.490 e. The summed E-state index contributed by atoms with van der Waals surface area (Å²) in [5.74, 6) is -0.419. The van der Waals surface area contributed by atoms with Crippen LogP contribution >= 0.6 is 0 Å². The standard InChI is InChI=1S/C91H141N13O26/c1-56(95-72(105)121-82(3,4)5)38-35-51-118-68-60(59-40-33-41-62(115-50-36-43-64(97-74(107)123-84(9,10)11)98-75(108)124-85(12,13)14)67(59)119-55-49-94-71(103-80(113)129-90(27,28)29)104-81(114)130-91(30,31)32)45-46-61(69(68)120-54-47-92-57(2)96-73(106)122-83(6,7)8)58-39-34-42-63(116-53-48-93-70(101-78(111)127-88(21,22)23)102-79(112)128-89(24,25)26)66(58)117-52-37-44-65(99-76(109)125-86(15,16)17)100-77(110)126-87(18,19)20/h33-34,39-42,45-46H,35-38,43-44,47-55H2,1-32H3,(H,92,96,106)(H,97,98,107,108)(H,99,100,109,110)(H2,93,101,102,111,112)(H2,94,103,104,113,114). The Kier molecular flexibility index (Phi) is 42.7. The van der Waals surface area contributed by atoms with Crippen molar-refractivity contribution in [3.05, 3.63) is 48.5 Å². The first-order chi connectivity index (χ1) is 59.6. The Labute approximate surface area is 764 Å². The van der Waals surface area contributed by atoms with Crippen molar-refractivity contribution in [3.63, 3.8) is 0 Å². The lowest BCUT2D eigenvalue weighted by Crippen LogP contribution is -2.45. The molecular formula is C91H141N13O26. The molecule has 0 unspecified atom stereocenters. The van der Waals surface area contributed by atoms with Crippen molar-refractivity contribution in [2.75, 3.05) is 59.3 Å². The van der Waals surface area contributed by atoms with Gasteiger partial charge < -0.3 is 91.7 Å². The van der Waals surface area contributed by atoms with Crippen LogP contribution in [0.2, 0.25) is 0 Å². The Morgan fingerprint density at radius 1 is 0.262 bits per heavy atom. The predicted octanol–water partition coefficient (Wildman–Crippen LogP) is 18.5. The van der Waals surface area contributed by atoms with E-state index in [0.717, 1.165) is 0 Å². The summed E-state index contributed by atoms with van der Waals surface area (Å²) in [6.07, 6.45) is -9.14. The van der Waals surface area contributed by atoms with Crippen LogP contribution in [0.15, 0.2) is 78.5 Å². The lowest BCUT2D eigenvalue weighted by Gasteiger charge is -2.24. The number of amidine groups is 3. The summed E-state index contributed by atoms with van der Waals surface area (Å²) in [5.41, 5.74) is -7.99. The number of alkyl carbamates (subject to hydrolysis) is 4. The molecule has 3 aromatic rings. The summed E-state index contributed by atoms with van der Waals surface area (Å²) in [7, 11) is 0. The lowest BCUT2D eigenvalue weighted by atomic mass is 9.96. The van der Waals surface area contributed by atoms with Gasteiger partial charge in [0.05, 0.1) is 39.5 Å². The largest absolute Gasteiger partial charge is 0.490 e. The van der Waals surface area contributed by atoms with E-state index < -0.39 is 117 Å². The molecule has 0 aliphatic heterocycles. The van der Waals surface area contributed by atoms with Gasteiger partial charge in [-0.3, -0.25) is 21.3 Å². The van der Waals surface area contributed by atoms with E-state index >= 15 is 0 Å². The fraction of sp³-hybridized carbons (Fsp3) is 0.626. The van der Waals surface area contributed by atoms with E-state index in [9.17, 15) is 47.9 Å². The van der Waals surface area contributed by atoms with Crippen LogP contribution < -0.4 is 65.6 Å². The molecule has 0 aromatic heterocycles. The second-order valence-corrected chi connectivity index (χ2v) is 39.2. The highest BCUT2D eigenvalue weighted by atomic mass is 16.6. The zero-order valence-electron chi connectivity index (χ0n) is 82.0. The summed E-state index contributed by atoms with van der Waals surface area (Å²) in [6, 6.07) is 13.4. The van der Waals surface area contributed by atoms with Gasteiger partial charge in [-0.2, -0.15) is 20.0 Å². The highest BCUT2D eigenvalue weighted by Crippen LogP contribution is 2.52. The minimum absolute atomic E-state index is 0.0258. The number of para-hydroxylation sites is 2. The van der Waals surface area contributed by atoms with Crippen molar-refractivity contribution in [3.8, 4) is 56.8 Å². The third kappa shape index (κ3) is 51.1. The van der Waals surface area contributed by atoms with Gasteiger partial charge in [0.25, 0.3) is 0 Å². The van der Waals surface area contributed by atoms with Gasteiger partial charge in [-0.05, 0) is 272 Å². The average molecular weight is 1830 g/mol. The average Bonchev–Trinajstić information content (AvgIpc) is 0.760. The Morgan fingerprint density at radius 2 is 0.515 bits per heavy atom. The molecule has 726 valence electrons. The van der Waals surface area contributed by atoms with Crippen molar-refractivity contribution >= 4 is 96.1 Å². The molecule has 39 nitrogen and oxygen atoms in total. The summed E-state index contributed by atoms with van der Waals surface area (Å²) < 4.78 is 96.2. The number of guanidine groups is 2. The molecule has 7 N–H and O–H groups in total. The molecule has 0 saturated heterocycles. The van der Waals surface area contributed by atoms with Crippen LogP contribution in [0.5, 0.6) is 34.5 Å². The third-order valence-electron chi connectivity index (χ3n) is 14.5. The van der Waals surface area contributed by atoms with Crippen LogP contribution in [0, 0.1) is 0 Å². The molecule has 0 radical (unpaired) electrons. The van der Waals surface area contributed by atoms with Crippen LogP contribution in [0.1, 0.15) is 260 Å². The SMILES string of the molecule is CC(CCCOc1c(-c2cccc(OCCCC(=NC(=O)OC(C)(C)C)NC(=O)OC(C)(C)C)c2OCCNC(=NC(=O)OC(C)(C)C)NC(=O)OC(C)(C)C)ccc(-c2cccc(OCCNC(=NC(=O)OC(C)(C)C)NC(=O)OC(C)(C)C)c2OCCCC(=NC(=O)OC(C)(C)C)NC(=O)OC(C)(C)C)c1OCCNC(C)=NC(=O)OC(C)(C)C)=NC(=O)OC(C)(C)C. The van der Waals surface area contributed by atoms with Gasteiger partial charge in [0.2, 0.25) is 11.9 Å². The number of rotatable bonds is 29. The van der Waals surface area contributed by atoms with Crippen molar-refractivity contribution < 1.29 is 124 Å². The smallest absolute Gasteiger partial charge is 0.437 e. The minimum atomic E-state index is -1.06. The fourth-order valence-electron chi connectivity index (χ4n) is 10.3. The molecule has 0 aliphatic carbocycles. The molecule has 0 aliphatic rings. The van der Waals surface area contributed by atoms with Crippen LogP contribution in [0.25, 0.3) is 22.3 Å². The van der Waals surface area contributed by atoms with Gasteiger partial charge in [0, 0.05) is 40.8 Å². The molecule has 130 heavy (non-hydrogen) atoms. The number of nitrogens with zero attached hydrogens (tertiary/aromatic N) is 6. The Balaban J connectivity index is 2.73. The first-order valence-electron chi connectivity index (χ1n) is 42.8. The number of carbonyl (C=O) groups excluding carboxylic acids is 10. The monoisotopic (exact) mass is 1830 g/mol. The topological polar surface area (TPSA) is 477 Å². The van der Waals surface area contributed by atoms with Gasteiger partial charge in [-0.1, -0.05) is 24.3 Å². The molecule has 39 heteroatoms. The highest BCUT2D eigenvalue weighted by Gasteiger charge is 2.31. The van der Waals surface area contributed by atoms with Crippen LogP contribution in [-0.4, -0.2) is 211 Å². The highest BCUT2D eigenvalue weighted by molar-refractivity contribution is 6.02. The van der Waals surface area contributed by atoms with E-state index in [-0.39, 0.29) is 184 Å². The summed E-state index contributed by atoms with van der Waals surface area (Å²) in [6.45, 7) is 51.5. The maximum Gasteiger partial charge on any atom is 0.437 e. The van der Waals surface area contributed by atoms with Crippen molar-refractivity contribution in [1.29, 1.82) is 0 Å². The number of hydrogen-bond donors (Lipinski definition) is 7. The van der Waals surface area contributed by atoms with Gasteiger partial charge in [0.1, 0.15) is 93.3 Å². The van der Waals surface area contributed by atoms with Crippen molar-refractivity contribution in [1.82, 2.24) is 37.2 Å². The van der Waals surface area contributed by atoms with Gasteiger partial charge in [0.15, 0.2) is 34.5 Å². The van der Waals surface area contributed by atoms with E-state index in [1.54, 1.807) is 270 Å². The predicted molar refractivity (Wildman–Crippen MR) is 493 cm³/mol. The number of benzene rings is 3. The molecule has 0 spiro atoms. The maximum absolute atomic E-state index is 13.4. The quantitative estimate of drug-likeness (QED) is 0.0147. The zero-order chi connectivity index (χ0) is 98.8. The Bertz CT molecular complexity index is 4260. The molecule has 0 saturated carbocycles. The van der Waals surface area contributed by atoms with E-state index in [4.69, 9.17) is 75.8 Å². The lowest BCUT2D eigenvalue weighted by molar-refractivity contribution is 0.0542. The van der Waals surface area contributed by atoms with Crippen molar-refractivity contribution in [2.24, 2.45) is 30.0 Å². The van der Waals surface area contributed by atoms with E-state index in [1.807, 2.05) is 0 Å². The second-order valence-electron chi connectivity index (χ2n) is 39.2. The van der Waals surface area contributed by atoms with E-state index in [0.29, 0.717) is 5.71 Å². The van der Waals surface area contributed by atoms with Crippen molar-refractivity contribution in [2.45, 2.75) is 316 Å². The fourth-order valence-corrected chi connectivity index (χ4v) is 10.3. The van der Waals surface area contributed by atoms with Gasteiger partial charge in [-0.15, -0.1) is 9.98 Å². The zero-order valence-corrected chi connectivity index (χ0v) is 82.0. The number of aliphatic imine (C=N–C) groups is 6. The summed E-state index contributed by atoms with van der Waals surface area (Å²) in [5, 5.41) is 19.1. The molecule has 10 amide bonds. The Hall–Kier alpha value is -12.2. The summed E-state index contributed by atoms with van der Waals surface area (Å²) >= 11 is 0. The van der Waals surface area contributed by atoms with Crippen LogP contribution in [-0.2, 0) is 47.4 Å². The molecule has 3 aromatic carbocycles. The maximum atomic E-state index is 13.4. The first-order valence-corrected chi connectivity index (χ1v) is 42.8. The van der Waals surface area contributed by atoms with E-state index in [2.05, 4.69) is 67.2 Å². The van der Waals surface area contributed by atoms with Crippen LogP contribution in [0.3, 0.4) is 0 Å². The number of nitrogens with one attached hydrogen (secondary N) is 7. The van der Waals surface area contributed by atoms with Gasteiger partial charge >= 0.3 is 60.9 Å². The van der Waals surface area contributed by atoms with Crippen LogP contribution in [0.4, 0.5) is 47.9 Å². The Morgan fingerprint density at radius 3 is 0.862 bits per heavy atom. The third-order valence-corrected chi connectivity index (χ3v) is 14.5. The number of carbonyl (C=O) groups is 10. The second kappa shape index (κ2) is 49.5. The molecule has 3 rings (SSSR count). The number of amides is 10. The molecule has 0 bridgehead atoms. The molecule has 0 heterocycles. The molecule has 0 fully saturated rings. The summed E-state index contributed by atoms with van der Waals surface area (Å²) in [4.78, 5) is 157. The van der Waals surface area contributed by atoms with E-state index in [1.165, 1.54) is 0 Å². The molecule has 0 atom stereocenters. The molecular weight excluding hydrogens is 1690 g/mol. The number of ether oxygens (including phenoxy) is 16. The normalized spacial score (nSPS) is 13.0.